The average molecular weight is 642 g/mol. The number of benzene rings is 8. The van der Waals surface area contributed by atoms with Gasteiger partial charge in [0.05, 0.1) is 0 Å². The van der Waals surface area contributed by atoms with Gasteiger partial charge in [0.2, 0.25) is 0 Å². The van der Waals surface area contributed by atoms with Gasteiger partial charge in [0.1, 0.15) is 0 Å². The molecule has 228 valence electrons. The van der Waals surface area contributed by atoms with Crippen LogP contribution in [0.25, 0.3) is 97.8 Å². The van der Waals surface area contributed by atoms with Gasteiger partial charge >= 0.3 is 0 Å². The fourth-order valence-corrected chi connectivity index (χ4v) is 8.69. The number of hydrogen-bond donors (Lipinski definition) is 0. The van der Waals surface area contributed by atoms with Crippen LogP contribution < -0.4 is 0 Å². The second kappa shape index (κ2) is 11.2. The summed E-state index contributed by atoms with van der Waals surface area (Å²) in [5, 5.41) is 10.3. The Hall–Kier alpha value is -6.23. The number of thiophene rings is 1. The van der Waals surface area contributed by atoms with Crippen LogP contribution in [0.5, 0.6) is 0 Å². The van der Waals surface area contributed by atoms with Crippen molar-refractivity contribution in [3.8, 4) is 45.3 Å². The lowest BCUT2D eigenvalue weighted by molar-refractivity contribution is 1.07. The van der Waals surface area contributed by atoms with Crippen molar-refractivity contribution in [3.05, 3.63) is 164 Å². The van der Waals surface area contributed by atoms with Gasteiger partial charge in [-0.05, 0) is 32.5 Å². The second-order valence-electron chi connectivity index (χ2n) is 12.3. The van der Waals surface area contributed by atoms with E-state index >= 15 is 0 Å². The minimum absolute atomic E-state index is 0.657. The van der Waals surface area contributed by atoms with Crippen molar-refractivity contribution in [2.24, 2.45) is 0 Å². The molecule has 0 atom stereocenters. The molecule has 0 bridgehead atoms. The van der Waals surface area contributed by atoms with Crippen LogP contribution in [0.2, 0.25) is 0 Å². The quantitative estimate of drug-likeness (QED) is 0.180. The predicted molar refractivity (Wildman–Crippen MR) is 207 cm³/mol. The van der Waals surface area contributed by atoms with Gasteiger partial charge < -0.3 is 0 Å². The van der Waals surface area contributed by atoms with Crippen LogP contribution in [0.3, 0.4) is 0 Å². The molecular weight excluding hydrogens is 615 g/mol. The molecule has 0 aliphatic carbocycles. The van der Waals surface area contributed by atoms with E-state index in [2.05, 4.69) is 127 Å². The Morgan fingerprint density at radius 1 is 0.286 bits per heavy atom. The smallest absolute Gasteiger partial charge is 0.164 e. The fourth-order valence-electron chi connectivity index (χ4n) is 7.30. The lowest BCUT2D eigenvalue weighted by Crippen LogP contribution is -2.01. The molecule has 0 radical (unpaired) electrons. The third-order valence-corrected chi connectivity index (χ3v) is 10.8. The van der Waals surface area contributed by atoms with Gasteiger partial charge in [0, 0.05) is 47.8 Å². The molecule has 0 saturated heterocycles. The lowest BCUT2D eigenvalue weighted by Gasteiger charge is -2.12. The molecule has 4 heteroatoms. The van der Waals surface area contributed by atoms with Crippen molar-refractivity contribution in [3.63, 3.8) is 0 Å². The zero-order valence-corrected chi connectivity index (χ0v) is 27.2. The second-order valence-corrected chi connectivity index (χ2v) is 13.3. The largest absolute Gasteiger partial charge is 0.208 e. The molecule has 0 saturated carbocycles. The third kappa shape index (κ3) is 4.46. The average Bonchev–Trinajstić information content (AvgIpc) is 3.58. The topological polar surface area (TPSA) is 38.7 Å². The van der Waals surface area contributed by atoms with Crippen molar-refractivity contribution >= 4 is 63.8 Å². The molecule has 0 aliphatic heterocycles. The lowest BCUT2D eigenvalue weighted by atomic mass is 9.93. The zero-order valence-electron chi connectivity index (χ0n) is 26.3. The van der Waals surface area contributed by atoms with Crippen LogP contribution in [0.15, 0.2) is 164 Å². The highest BCUT2D eigenvalue weighted by molar-refractivity contribution is 7.27. The molecule has 2 aromatic heterocycles. The molecule has 0 amide bonds. The van der Waals surface area contributed by atoms with E-state index in [0.29, 0.717) is 17.5 Å². The summed E-state index contributed by atoms with van der Waals surface area (Å²) in [4.78, 5) is 15.1. The molecule has 3 nitrogen and oxygen atoms in total. The summed E-state index contributed by atoms with van der Waals surface area (Å²) >= 11 is 1.89. The molecule has 0 fully saturated rings. The molecular formula is C45H27N3S. The van der Waals surface area contributed by atoms with Crippen LogP contribution in [0, 0.1) is 0 Å². The summed E-state index contributed by atoms with van der Waals surface area (Å²) in [6, 6.07) is 57.8. The van der Waals surface area contributed by atoms with Gasteiger partial charge in [-0.2, -0.15) is 0 Å². The monoisotopic (exact) mass is 641 g/mol. The first-order valence-electron chi connectivity index (χ1n) is 16.5. The fraction of sp³-hybridized carbons (Fsp3) is 0. The van der Waals surface area contributed by atoms with Crippen molar-refractivity contribution in [2.75, 3.05) is 0 Å². The summed E-state index contributed by atoms with van der Waals surface area (Å²) in [5.74, 6) is 1.97. The van der Waals surface area contributed by atoms with Crippen molar-refractivity contribution < 1.29 is 0 Å². The Bertz CT molecular complexity index is 2780. The Labute approximate surface area is 286 Å². The van der Waals surface area contributed by atoms with E-state index < -0.39 is 0 Å². The molecule has 49 heavy (non-hydrogen) atoms. The normalized spacial score (nSPS) is 11.7. The van der Waals surface area contributed by atoms with Crippen LogP contribution in [-0.2, 0) is 0 Å². The van der Waals surface area contributed by atoms with Crippen LogP contribution in [-0.4, -0.2) is 15.0 Å². The number of fused-ring (bicyclic) bond motifs is 10. The maximum Gasteiger partial charge on any atom is 0.164 e. The van der Waals surface area contributed by atoms with Gasteiger partial charge in [0.15, 0.2) is 17.5 Å². The zero-order chi connectivity index (χ0) is 32.3. The van der Waals surface area contributed by atoms with E-state index in [-0.39, 0.29) is 0 Å². The molecule has 0 N–H and O–H groups in total. The minimum atomic E-state index is 0.657. The number of hydrogen-bond acceptors (Lipinski definition) is 4. The molecule has 10 rings (SSSR count). The Morgan fingerprint density at radius 2 is 0.714 bits per heavy atom. The summed E-state index contributed by atoms with van der Waals surface area (Å²) in [6.45, 7) is 0. The predicted octanol–water partition coefficient (Wildman–Crippen LogP) is 12.4. The summed E-state index contributed by atoms with van der Waals surface area (Å²) in [6.07, 6.45) is 0. The number of rotatable bonds is 4. The highest BCUT2D eigenvalue weighted by Gasteiger charge is 2.20. The first kappa shape index (κ1) is 27.8. The molecule has 0 unspecified atom stereocenters. The maximum absolute atomic E-state index is 5.09. The maximum atomic E-state index is 5.09. The van der Waals surface area contributed by atoms with E-state index in [1.807, 2.05) is 47.7 Å². The number of aromatic nitrogens is 3. The van der Waals surface area contributed by atoms with Gasteiger partial charge in [-0.3, -0.25) is 0 Å². The summed E-state index contributed by atoms with van der Waals surface area (Å²) in [7, 11) is 0. The van der Waals surface area contributed by atoms with E-state index in [1.165, 1.54) is 58.1 Å². The van der Waals surface area contributed by atoms with E-state index in [0.717, 1.165) is 22.3 Å². The molecule has 2 heterocycles. The van der Waals surface area contributed by atoms with Gasteiger partial charge in [-0.15, -0.1) is 11.3 Å². The standard InChI is InChI=1S/C45H27N3S/c1-3-14-28(15-4-1)43-46-44(29-16-5-2-6-17-29)48-45(47-43)39-23-12-10-21-33(39)36-24-13-25-37-38-27-26-35-32-20-8-7-18-30(32)31-19-9-11-22-34(31)40(35)42(38)49-41(36)37/h1-27H. The van der Waals surface area contributed by atoms with Crippen LogP contribution >= 0.6 is 11.3 Å². The van der Waals surface area contributed by atoms with E-state index in [1.54, 1.807) is 0 Å². The van der Waals surface area contributed by atoms with E-state index in [4.69, 9.17) is 15.0 Å². The summed E-state index contributed by atoms with van der Waals surface area (Å²) < 4.78 is 2.58. The minimum Gasteiger partial charge on any atom is -0.208 e. The van der Waals surface area contributed by atoms with Crippen molar-refractivity contribution in [1.82, 2.24) is 15.0 Å². The Balaban J connectivity index is 1.24. The van der Waals surface area contributed by atoms with Crippen molar-refractivity contribution in [2.45, 2.75) is 0 Å². The first-order valence-corrected chi connectivity index (χ1v) is 17.3. The SMILES string of the molecule is c1ccc(-c2nc(-c3ccccc3)nc(-c3ccccc3-c3cccc4c3sc3c4ccc4c5ccccc5c5ccccc5c43)n2)cc1. The third-order valence-electron chi connectivity index (χ3n) is 9.53. The Kier molecular flexibility index (Phi) is 6.36. The highest BCUT2D eigenvalue weighted by atomic mass is 32.1. The van der Waals surface area contributed by atoms with Crippen molar-refractivity contribution in [1.29, 1.82) is 0 Å². The van der Waals surface area contributed by atoms with Gasteiger partial charge in [0.25, 0.3) is 0 Å². The molecule has 0 aliphatic rings. The Morgan fingerprint density at radius 3 is 1.37 bits per heavy atom. The summed E-state index contributed by atoms with van der Waals surface area (Å²) in [5.41, 5.74) is 5.17. The van der Waals surface area contributed by atoms with Crippen LogP contribution in [0.1, 0.15) is 0 Å². The van der Waals surface area contributed by atoms with Gasteiger partial charge in [-0.25, -0.2) is 15.0 Å². The van der Waals surface area contributed by atoms with Crippen LogP contribution in [0.4, 0.5) is 0 Å². The molecule has 8 aromatic carbocycles. The molecule has 0 spiro atoms. The number of nitrogens with zero attached hydrogens (tertiary/aromatic N) is 3. The van der Waals surface area contributed by atoms with E-state index in [9.17, 15) is 0 Å². The van der Waals surface area contributed by atoms with Gasteiger partial charge in [-0.1, -0.05) is 164 Å². The highest BCUT2D eigenvalue weighted by Crippen LogP contribution is 2.47. The first-order chi connectivity index (χ1) is 24.3. The molecule has 10 aromatic rings.